The maximum absolute atomic E-state index is 13.8. The van der Waals surface area contributed by atoms with Crippen LogP contribution in [-0.2, 0) is 4.57 Å². The maximum Gasteiger partial charge on any atom is 0.269 e. The monoisotopic (exact) mass is 349 g/mol. The smallest absolute Gasteiger partial charge is 0.269 e. The van der Waals surface area contributed by atoms with Gasteiger partial charge in [-0.05, 0) is 23.5 Å². The summed E-state index contributed by atoms with van der Waals surface area (Å²) in [6.07, 6.45) is 1.75. The Morgan fingerprint density at radius 1 is 0.760 bits per heavy atom. The van der Waals surface area contributed by atoms with Gasteiger partial charge in [-0.3, -0.25) is 10.1 Å². The van der Waals surface area contributed by atoms with Crippen LogP contribution in [0.15, 0.2) is 90.7 Å². The van der Waals surface area contributed by atoms with Gasteiger partial charge in [-0.15, -0.1) is 0 Å². The van der Waals surface area contributed by atoms with Crippen LogP contribution in [0.5, 0.6) is 0 Å². The fourth-order valence-corrected chi connectivity index (χ4v) is 4.77. The SMILES string of the molecule is O=[N+]([O-])c1ccc(/C=C/P(=O)(c2ccccc2)c2ccccc2)cc1. The standard InChI is InChI=1S/C20H16NO3P/c22-21(23)18-13-11-17(12-14-18)15-16-25(24,19-7-3-1-4-8-19)20-9-5-2-6-10-20/h1-16H/b16-15+. The van der Waals surface area contributed by atoms with Crippen molar-refractivity contribution < 1.29 is 9.49 Å². The minimum absolute atomic E-state index is 0.0338. The molecule has 3 aromatic rings. The van der Waals surface area contributed by atoms with Crippen LogP contribution in [0.25, 0.3) is 6.08 Å². The summed E-state index contributed by atoms with van der Waals surface area (Å²) >= 11 is 0. The first kappa shape index (κ1) is 16.9. The van der Waals surface area contributed by atoms with Crippen LogP contribution in [-0.4, -0.2) is 4.92 Å². The molecule has 0 aliphatic heterocycles. The van der Waals surface area contributed by atoms with Crippen molar-refractivity contribution in [3.63, 3.8) is 0 Å². The number of benzene rings is 3. The largest absolute Gasteiger partial charge is 0.309 e. The van der Waals surface area contributed by atoms with E-state index in [2.05, 4.69) is 0 Å². The lowest BCUT2D eigenvalue weighted by molar-refractivity contribution is -0.384. The van der Waals surface area contributed by atoms with Crippen molar-refractivity contribution in [2.24, 2.45) is 0 Å². The van der Waals surface area contributed by atoms with Crippen molar-refractivity contribution >= 4 is 29.5 Å². The van der Waals surface area contributed by atoms with Gasteiger partial charge >= 0.3 is 0 Å². The zero-order valence-corrected chi connectivity index (χ0v) is 14.3. The van der Waals surface area contributed by atoms with Gasteiger partial charge in [0.05, 0.1) is 4.92 Å². The summed E-state index contributed by atoms with van der Waals surface area (Å²) in [4.78, 5) is 10.3. The molecule has 4 nitrogen and oxygen atoms in total. The highest BCUT2D eigenvalue weighted by atomic mass is 31.2. The molecule has 0 bridgehead atoms. The molecular formula is C20H16NO3P. The zero-order valence-electron chi connectivity index (χ0n) is 13.4. The van der Waals surface area contributed by atoms with Gasteiger partial charge in [-0.2, -0.15) is 0 Å². The molecule has 0 heterocycles. The van der Waals surface area contributed by atoms with Gasteiger partial charge in [-0.25, -0.2) is 0 Å². The predicted octanol–water partition coefficient (Wildman–Crippen LogP) is 4.58. The summed E-state index contributed by atoms with van der Waals surface area (Å²) in [6, 6.07) is 24.8. The number of rotatable bonds is 5. The second-order valence-electron chi connectivity index (χ2n) is 5.49. The van der Waals surface area contributed by atoms with Crippen LogP contribution in [0.3, 0.4) is 0 Å². The van der Waals surface area contributed by atoms with Crippen molar-refractivity contribution in [1.82, 2.24) is 0 Å². The van der Waals surface area contributed by atoms with E-state index < -0.39 is 12.1 Å². The average Bonchev–Trinajstić information content (AvgIpc) is 2.68. The van der Waals surface area contributed by atoms with Crippen LogP contribution < -0.4 is 10.6 Å². The number of nitro groups is 1. The first-order valence-electron chi connectivity index (χ1n) is 7.74. The second-order valence-corrected chi connectivity index (χ2v) is 8.14. The molecule has 0 atom stereocenters. The van der Waals surface area contributed by atoms with Crippen molar-refractivity contribution in [3.8, 4) is 0 Å². The summed E-state index contributed by atoms with van der Waals surface area (Å²) in [5.41, 5.74) is 0.795. The quantitative estimate of drug-likeness (QED) is 0.385. The van der Waals surface area contributed by atoms with E-state index in [4.69, 9.17) is 0 Å². The zero-order chi connectivity index (χ0) is 17.7. The Labute approximate surface area is 146 Å². The second kappa shape index (κ2) is 7.29. The van der Waals surface area contributed by atoms with Crippen molar-refractivity contribution in [1.29, 1.82) is 0 Å². The van der Waals surface area contributed by atoms with Crippen molar-refractivity contribution in [2.75, 3.05) is 0 Å². The van der Waals surface area contributed by atoms with E-state index in [1.165, 1.54) is 12.1 Å². The minimum atomic E-state index is -2.93. The van der Waals surface area contributed by atoms with E-state index in [1.54, 1.807) is 24.0 Å². The van der Waals surface area contributed by atoms with Crippen molar-refractivity contribution in [2.45, 2.75) is 0 Å². The lowest BCUT2D eigenvalue weighted by Gasteiger charge is -2.15. The molecule has 0 aliphatic rings. The molecule has 124 valence electrons. The van der Waals surface area contributed by atoms with Gasteiger partial charge in [-0.1, -0.05) is 66.7 Å². The number of nitrogens with zero attached hydrogens (tertiary/aromatic N) is 1. The highest BCUT2D eigenvalue weighted by Gasteiger charge is 2.23. The normalized spacial score (nSPS) is 11.5. The Kier molecular flexibility index (Phi) is 4.92. The molecule has 0 aromatic heterocycles. The molecule has 3 aromatic carbocycles. The summed E-state index contributed by atoms with van der Waals surface area (Å²) in [5.74, 6) is 1.71. The lowest BCUT2D eigenvalue weighted by atomic mass is 10.2. The highest BCUT2D eigenvalue weighted by Crippen LogP contribution is 2.45. The first-order valence-corrected chi connectivity index (χ1v) is 9.52. The van der Waals surface area contributed by atoms with E-state index in [0.29, 0.717) is 0 Å². The Bertz CT molecular complexity index is 892. The van der Waals surface area contributed by atoms with Gasteiger partial charge < -0.3 is 4.57 Å². The summed E-state index contributed by atoms with van der Waals surface area (Å²) < 4.78 is 13.8. The molecule has 0 aliphatic carbocycles. The molecule has 0 spiro atoms. The first-order chi connectivity index (χ1) is 12.1. The fourth-order valence-electron chi connectivity index (χ4n) is 2.52. The summed E-state index contributed by atoms with van der Waals surface area (Å²) in [7, 11) is -2.93. The molecular weight excluding hydrogens is 333 g/mol. The van der Waals surface area contributed by atoms with Gasteiger partial charge in [0.25, 0.3) is 5.69 Å². The number of nitro benzene ring substituents is 1. The number of hydrogen-bond acceptors (Lipinski definition) is 3. The Hall–Kier alpha value is -2.97. The van der Waals surface area contributed by atoms with E-state index in [9.17, 15) is 14.7 Å². The molecule has 0 N–H and O–H groups in total. The van der Waals surface area contributed by atoms with Crippen LogP contribution in [0, 0.1) is 10.1 Å². The average molecular weight is 349 g/mol. The third-order valence-corrected chi connectivity index (χ3v) is 6.56. The molecule has 0 saturated carbocycles. The highest BCUT2D eigenvalue weighted by molar-refractivity contribution is 7.81. The fraction of sp³-hybridized carbons (Fsp3) is 0. The van der Waals surface area contributed by atoms with Crippen LogP contribution in [0.1, 0.15) is 5.56 Å². The molecule has 25 heavy (non-hydrogen) atoms. The van der Waals surface area contributed by atoms with E-state index in [-0.39, 0.29) is 5.69 Å². The number of non-ortho nitro benzene ring substituents is 1. The van der Waals surface area contributed by atoms with Gasteiger partial charge in [0.1, 0.15) is 0 Å². The van der Waals surface area contributed by atoms with E-state index in [1.807, 2.05) is 60.7 Å². The predicted molar refractivity (Wildman–Crippen MR) is 102 cm³/mol. The molecule has 0 radical (unpaired) electrons. The summed E-state index contributed by atoms with van der Waals surface area (Å²) in [6.45, 7) is 0. The van der Waals surface area contributed by atoms with Gasteiger partial charge in [0.2, 0.25) is 0 Å². The topological polar surface area (TPSA) is 60.2 Å². The van der Waals surface area contributed by atoms with Crippen LogP contribution in [0.2, 0.25) is 0 Å². The van der Waals surface area contributed by atoms with Gasteiger partial charge in [0.15, 0.2) is 7.14 Å². The third-order valence-electron chi connectivity index (χ3n) is 3.86. The maximum atomic E-state index is 13.8. The lowest BCUT2D eigenvalue weighted by Crippen LogP contribution is -2.13. The van der Waals surface area contributed by atoms with Crippen LogP contribution >= 0.6 is 7.14 Å². The summed E-state index contributed by atoms with van der Waals surface area (Å²) in [5, 5.41) is 12.2. The Morgan fingerprint density at radius 2 is 1.24 bits per heavy atom. The molecule has 5 heteroatoms. The van der Waals surface area contributed by atoms with Gasteiger partial charge in [0, 0.05) is 22.7 Å². The van der Waals surface area contributed by atoms with E-state index >= 15 is 0 Å². The van der Waals surface area contributed by atoms with Crippen LogP contribution in [0.4, 0.5) is 5.69 Å². The Balaban J connectivity index is 2.01. The minimum Gasteiger partial charge on any atom is -0.309 e. The molecule has 0 saturated heterocycles. The molecule has 3 rings (SSSR count). The van der Waals surface area contributed by atoms with Crippen molar-refractivity contribution in [3.05, 3.63) is 106 Å². The molecule has 0 fully saturated rings. The van der Waals surface area contributed by atoms with E-state index in [0.717, 1.165) is 16.2 Å². The Morgan fingerprint density at radius 3 is 1.68 bits per heavy atom. The molecule has 0 unspecified atom stereocenters. The molecule has 0 amide bonds. The third kappa shape index (κ3) is 3.76. The number of hydrogen-bond donors (Lipinski definition) is 0.